The van der Waals surface area contributed by atoms with Crippen LogP contribution in [0.5, 0.6) is 0 Å². The van der Waals surface area contributed by atoms with E-state index in [1.165, 1.54) is 6.20 Å². The average Bonchev–Trinajstić information content (AvgIpc) is 2.88. The van der Waals surface area contributed by atoms with E-state index >= 15 is 0 Å². The molecule has 0 aliphatic rings. The molecule has 0 aliphatic heterocycles. The zero-order chi connectivity index (χ0) is 14.8. The predicted molar refractivity (Wildman–Crippen MR) is 76.8 cm³/mol. The van der Waals surface area contributed by atoms with Crippen LogP contribution in [0.15, 0.2) is 6.20 Å². The molecule has 2 amide bonds. The van der Waals surface area contributed by atoms with Crippen LogP contribution in [-0.4, -0.2) is 33.2 Å². The van der Waals surface area contributed by atoms with Crippen LogP contribution in [0.4, 0.5) is 9.80 Å². The van der Waals surface area contributed by atoms with Gasteiger partial charge in [-0.3, -0.25) is 10.1 Å². The maximum absolute atomic E-state index is 11.6. The van der Waals surface area contributed by atoms with Crippen molar-refractivity contribution in [1.82, 2.24) is 14.9 Å². The molecule has 1 atom stereocenters. The molecule has 1 rings (SSSR count). The monoisotopic (exact) mass is 300 g/mol. The van der Waals surface area contributed by atoms with Crippen LogP contribution in [-0.2, 0) is 4.79 Å². The largest absolute Gasteiger partial charge is 0.481 e. The van der Waals surface area contributed by atoms with Crippen LogP contribution in [0.3, 0.4) is 0 Å². The SMILES string of the molecule is CCCC(CCNC(=O)Nc1cnns1)CCC(=O)O. The van der Waals surface area contributed by atoms with Gasteiger partial charge in [0.25, 0.3) is 0 Å². The van der Waals surface area contributed by atoms with Crippen molar-refractivity contribution in [2.75, 3.05) is 11.9 Å². The van der Waals surface area contributed by atoms with Crippen LogP contribution in [0.2, 0.25) is 0 Å². The minimum atomic E-state index is -0.769. The second kappa shape index (κ2) is 9.24. The maximum atomic E-state index is 11.6. The number of carbonyl (C=O) groups is 2. The molecule has 1 heterocycles. The molecule has 0 aromatic carbocycles. The summed E-state index contributed by atoms with van der Waals surface area (Å²) in [5, 5.41) is 18.3. The summed E-state index contributed by atoms with van der Waals surface area (Å²) >= 11 is 1.11. The molecule has 112 valence electrons. The highest BCUT2D eigenvalue weighted by Gasteiger charge is 2.11. The van der Waals surface area contributed by atoms with Crippen molar-refractivity contribution in [1.29, 1.82) is 0 Å². The number of carboxylic acid groups (broad SMARTS) is 1. The third-order valence-corrected chi connectivity index (χ3v) is 3.48. The molecule has 8 heteroatoms. The third-order valence-electron chi connectivity index (χ3n) is 2.90. The van der Waals surface area contributed by atoms with E-state index in [4.69, 9.17) is 5.11 Å². The molecule has 0 aliphatic carbocycles. The Bertz CT molecular complexity index is 411. The van der Waals surface area contributed by atoms with Gasteiger partial charge in [-0.25, -0.2) is 4.79 Å². The summed E-state index contributed by atoms with van der Waals surface area (Å²) in [4.78, 5) is 22.1. The first-order valence-corrected chi connectivity index (χ1v) is 7.43. The lowest BCUT2D eigenvalue weighted by Crippen LogP contribution is -2.30. The molecule has 0 spiro atoms. The molecule has 0 bridgehead atoms. The van der Waals surface area contributed by atoms with Gasteiger partial charge < -0.3 is 10.4 Å². The Morgan fingerprint density at radius 3 is 2.80 bits per heavy atom. The number of aliphatic carboxylic acids is 1. The Labute approximate surface area is 121 Å². The van der Waals surface area contributed by atoms with Gasteiger partial charge in [-0.1, -0.05) is 24.3 Å². The van der Waals surface area contributed by atoms with Gasteiger partial charge in [-0.15, -0.1) is 5.10 Å². The van der Waals surface area contributed by atoms with Crippen LogP contribution < -0.4 is 10.6 Å². The molecule has 0 saturated heterocycles. The summed E-state index contributed by atoms with van der Waals surface area (Å²) in [7, 11) is 0. The number of hydrogen-bond acceptors (Lipinski definition) is 5. The number of nitrogens with zero attached hydrogens (tertiary/aromatic N) is 2. The second-order valence-electron chi connectivity index (χ2n) is 4.54. The van der Waals surface area contributed by atoms with Crippen LogP contribution in [0.25, 0.3) is 0 Å². The Morgan fingerprint density at radius 2 is 2.20 bits per heavy atom. The van der Waals surface area contributed by atoms with Crippen molar-refractivity contribution in [3.8, 4) is 0 Å². The van der Waals surface area contributed by atoms with E-state index in [2.05, 4.69) is 27.1 Å². The van der Waals surface area contributed by atoms with Crippen molar-refractivity contribution in [3.05, 3.63) is 6.20 Å². The van der Waals surface area contributed by atoms with Gasteiger partial charge in [-0.05, 0) is 18.8 Å². The standard InChI is InChI=1S/C12H20N4O3S/c1-2-3-9(4-5-11(17)18)6-7-13-12(19)15-10-8-14-16-20-10/h8-9H,2-7H2,1H3,(H,17,18)(H2,13,15,19). The predicted octanol–water partition coefficient (Wildman–Crippen LogP) is 2.33. The normalized spacial score (nSPS) is 11.8. The molecule has 1 aromatic heterocycles. The lowest BCUT2D eigenvalue weighted by atomic mass is 9.94. The van der Waals surface area contributed by atoms with Gasteiger partial charge in [0.1, 0.15) is 5.00 Å². The van der Waals surface area contributed by atoms with Crippen molar-refractivity contribution in [2.45, 2.75) is 39.0 Å². The van der Waals surface area contributed by atoms with Crippen LogP contribution in [0.1, 0.15) is 39.0 Å². The van der Waals surface area contributed by atoms with Crippen molar-refractivity contribution in [2.24, 2.45) is 5.92 Å². The minimum Gasteiger partial charge on any atom is -0.481 e. The first-order valence-electron chi connectivity index (χ1n) is 6.65. The van der Waals surface area contributed by atoms with Crippen molar-refractivity contribution < 1.29 is 14.7 Å². The number of anilines is 1. The molecule has 0 saturated carbocycles. The van der Waals surface area contributed by atoms with E-state index in [1.54, 1.807) is 0 Å². The molecule has 1 unspecified atom stereocenters. The van der Waals surface area contributed by atoms with Crippen molar-refractivity contribution >= 4 is 28.5 Å². The highest BCUT2D eigenvalue weighted by Crippen LogP contribution is 2.17. The summed E-state index contributed by atoms with van der Waals surface area (Å²) in [5.41, 5.74) is 0. The van der Waals surface area contributed by atoms with Gasteiger partial charge >= 0.3 is 12.0 Å². The number of rotatable bonds is 9. The zero-order valence-corrected chi connectivity index (χ0v) is 12.3. The highest BCUT2D eigenvalue weighted by molar-refractivity contribution is 7.10. The fourth-order valence-electron chi connectivity index (χ4n) is 1.94. The molecular weight excluding hydrogens is 280 g/mol. The first kappa shape index (κ1) is 16.4. The molecule has 1 aromatic rings. The van der Waals surface area contributed by atoms with E-state index in [0.29, 0.717) is 23.9 Å². The number of urea groups is 1. The molecule has 3 N–H and O–H groups in total. The fourth-order valence-corrected chi connectivity index (χ4v) is 2.35. The Balaban J connectivity index is 2.21. The second-order valence-corrected chi connectivity index (χ2v) is 5.32. The zero-order valence-electron chi connectivity index (χ0n) is 11.5. The van der Waals surface area contributed by atoms with Gasteiger partial charge in [0.05, 0.1) is 6.20 Å². The molecule has 20 heavy (non-hydrogen) atoms. The molecule has 0 fully saturated rings. The van der Waals surface area contributed by atoms with E-state index in [1.807, 2.05) is 0 Å². The molecular formula is C12H20N4O3S. The number of amides is 2. The number of hydrogen-bond donors (Lipinski definition) is 3. The summed E-state index contributed by atoms with van der Waals surface area (Å²) in [6, 6.07) is -0.287. The third kappa shape index (κ3) is 7.03. The maximum Gasteiger partial charge on any atom is 0.319 e. The lowest BCUT2D eigenvalue weighted by molar-refractivity contribution is -0.137. The van der Waals surface area contributed by atoms with E-state index in [0.717, 1.165) is 30.8 Å². The molecule has 7 nitrogen and oxygen atoms in total. The van der Waals surface area contributed by atoms with Crippen LogP contribution >= 0.6 is 11.5 Å². The average molecular weight is 300 g/mol. The quantitative estimate of drug-likeness (QED) is 0.649. The topological polar surface area (TPSA) is 104 Å². The first-order chi connectivity index (χ1) is 9.61. The fraction of sp³-hybridized carbons (Fsp3) is 0.667. The summed E-state index contributed by atoms with van der Waals surface area (Å²) in [6.45, 7) is 2.60. The summed E-state index contributed by atoms with van der Waals surface area (Å²) in [5.74, 6) is -0.434. The van der Waals surface area contributed by atoms with Crippen molar-refractivity contribution in [3.63, 3.8) is 0 Å². The number of carbonyl (C=O) groups excluding carboxylic acids is 1. The van der Waals surface area contributed by atoms with Gasteiger partial charge in [-0.2, -0.15) is 0 Å². The number of carboxylic acids is 1. The van der Waals surface area contributed by atoms with Crippen LogP contribution in [0, 0.1) is 5.92 Å². The summed E-state index contributed by atoms with van der Waals surface area (Å²) in [6.07, 6.45) is 5.11. The molecule has 0 radical (unpaired) electrons. The van der Waals surface area contributed by atoms with Gasteiger partial charge in [0.2, 0.25) is 0 Å². The van der Waals surface area contributed by atoms with Gasteiger partial charge in [0, 0.05) is 24.5 Å². The number of aromatic nitrogens is 2. The van der Waals surface area contributed by atoms with Gasteiger partial charge in [0.15, 0.2) is 0 Å². The smallest absolute Gasteiger partial charge is 0.319 e. The Morgan fingerprint density at radius 1 is 1.40 bits per heavy atom. The lowest BCUT2D eigenvalue weighted by Gasteiger charge is -2.15. The van der Waals surface area contributed by atoms with E-state index < -0.39 is 5.97 Å². The summed E-state index contributed by atoms with van der Waals surface area (Å²) < 4.78 is 3.64. The Hall–Kier alpha value is -1.70. The Kier molecular flexibility index (Phi) is 7.56. The number of nitrogens with one attached hydrogen (secondary N) is 2. The minimum absolute atomic E-state index is 0.184. The van der Waals surface area contributed by atoms with E-state index in [9.17, 15) is 9.59 Å². The highest BCUT2D eigenvalue weighted by atomic mass is 32.1. The van der Waals surface area contributed by atoms with E-state index in [-0.39, 0.29) is 12.5 Å².